The number of rotatable bonds is 2. The van der Waals surface area contributed by atoms with Gasteiger partial charge in [0.05, 0.1) is 12.5 Å². The van der Waals surface area contributed by atoms with Gasteiger partial charge in [-0.25, -0.2) is 4.79 Å². The molecule has 1 saturated carbocycles. The predicted octanol–water partition coefficient (Wildman–Crippen LogP) is 1.76. The molecule has 1 spiro atoms. The number of aliphatic hydroxyl groups is 1. The molecule has 1 aliphatic heterocycles. The van der Waals surface area contributed by atoms with Crippen LogP contribution in [0.3, 0.4) is 0 Å². The van der Waals surface area contributed by atoms with Gasteiger partial charge in [0.1, 0.15) is 0 Å². The molecule has 0 unspecified atom stereocenters. The molecule has 1 heterocycles. The molecule has 17 heavy (non-hydrogen) atoms. The zero-order valence-corrected chi connectivity index (χ0v) is 10.1. The summed E-state index contributed by atoms with van der Waals surface area (Å²) in [7, 11) is 0. The molecule has 1 saturated heterocycles. The van der Waals surface area contributed by atoms with E-state index in [2.05, 4.69) is 0 Å². The van der Waals surface area contributed by atoms with Crippen molar-refractivity contribution >= 4 is 6.09 Å². The summed E-state index contributed by atoms with van der Waals surface area (Å²) in [5.74, 6) is 0. The summed E-state index contributed by atoms with van der Waals surface area (Å²) < 4.78 is 5.44. The van der Waals surface area contributed by atoms with Crippen LogP contribution in [0.1, 0.15) is 45.4 Å². The van der Waals surface area contributed by atoms with Gasteiger partial charge in [-0.1, -0.05) is 6.42 Å². The van der Waals surface area contributed by atoms with Crippen LogP contribution in [0, 0.1) is 11.3 Å². The first-order valence-electron chi connectivity index (χ1n) is 6.13. The van der Waals surface area contributed by atoms with Crippen molar-refractivity contribution in [3.05, 3.63) is 0 Å². The fraction of sp³-hybridized carbons (Fsp3) is 0.833. The van der Waals surface area contributed by atoms with Crippen molar-refractivity contribution in [1.29, 1.82) is 5.26 Å². The summed E-state index contributed by atoms with van der Waals surface area (Å²) in [6.07, 6.45) is 4.18. The maximum absolute atomic E-state index is 11.8. The van der Waals surface area contributed by atoms with Gasteiger partial charge in [0.15, 0.2) is 11.3 Å². The van der Waals surface area contributed by atoms with Gasteiger partial charge in [0, 0.05) is 6.54 Å². The van der Waals surface area contributed by atoms with Crippen molar-refractivity contribution in [2.75, 3.05) is 6.54 Å². The normalized spacial score (nSPS) is 31.4. The lowest BCUT2D eigenvalue weighted by Crippen LogP contribution is -2.57. The highest BCUT2D eigenvalue weighted by Gasteiger charge is 2.61. The molecule has 5 heteroatoms. The van der Waals surface area contributed by atoms with E-state index in [0.717, 1.165) is 19.3 Å². The molecule has 1 amide bonds. The Balaban J connectivity index is 2.21. The highest BCUT2D eigenvalue weighted by Crippen LogP contribution is 2.46. The number of amides is 1. The Labute approximate surface area is 101 Å². The number of hydrogen-bond acceptors (Lipinski definition) is 4. The second kappa shape index (κ2) is 4.19. The number of carbonyl (C=O) groups excluding carboxylic acids is 1. The average Bonchev–Trinajstić information content (AvgIpc) is 2.46. The molecule has 2 aliphatic rings. The van der Waals surface area contributed by atoms with Gasteiger partial charge in [-0.3, -0.25) is 4.90 Å². The summed E-state index contributed by atoms with van der Waals surface area (Å²) in [5, 5.41) is 19.2. The van der Waals surface area contributed by atoms with Crippen molar-refractivity contribution in [3.63, 3.8) is 0 Å². The molecule has 0 aromatic carbocycles. The van der Waals surface area contributed by atoms with Gasteiger partial charge in [0.25, 0.3) is 0 Å². The van der Waals surface area contributed by atoms with E-state index in [4.69, 9.17) is 10.00 Å². The molecule has 1 N–H and O–H groups in total. The zero-order valence-electron chi connectivity index (χ0n) is 10.1. The molecule has 2 fully saturated rings. The fourth-order valence-electron chi connectivity index (χ4n) is 2.91. The van der Waals surface area contributed by atoms with Crippen LogP contribution in [0.4, 0.5) is 4.79 Å². The van der Waals surface area contributed by atoms with E-state index in [1.807, 2.05) is 6.07 Å². The molecule has 1 atom stereocenters. The second-order valence-electron chi connectivity index (χ2n) is 5.00. The van der Waals surface area contributed by atoms with Crippen molar-refractivity contribution in [2.45, 2.75) is 56.8 Å². The molecule has 1 aliphatic carbocycles. The first-order valence-corrected chi connectivity index (χ1v) is 6.13. The van der Waals surface area contributed by atoms with Crippen molar-refractivity contribution < 1.29 is 14.6 Å². The minimum atomic E-state index is -1.29. The Morgan fingerprint density at radius 3 is 2.71 bits per heavy atom. The van der Waals surface area contributed by atoms with E-state index in [-0.39, 0.29) is 13.0 Å². The van der Waals surface area contributed by atoms with Crippen LogP contribution in [0.15, 0.2) is 0 Å². The molecule has 0 radical (unpaired) electrons. The molecule has 0 aromatic rings. The van der Waals surface area contributed by atoms with Gasteiger partial charge in [-0.2, -0.15) is 5.26 Å². The third-order valence-corrected chi connectivity index (χ3v) is 4.00. The Hall–Kier alpha value is -1.28. The molecule has 0 bridgehead atoms. The second-order valence-corrected chi connectivity index (χ2v) is 5.00. The quantitative estimate of drug-likeness (QED) is 0.795. The third-order valence-electron chi connectivity index (χ3n) is 4.00. The summed E-state index contributed by atoms with van der Waals surface area (Å²) >= 11 is 0. The topological polar surface area (TPSA) is 73.6 Å². The van der Waals surface area contributed by atoms with Crippen LogP contribution in [-0.4, -0.2) is 34.0 Å². The standard InChI is InChI=1S/C12H18N2O3/c1-11(16)12(6-3-2-4-7-12)17-10(15)14(11)9-5-8-13/h16H,2-7,9H2,1H3/t11-/m1/s1. The monoisotopic (exact) mass is 238 g/mol. The minimum Gasteiger partial charge on any atom is -0.438 e. The maximum Gasteiger partial charge on any atom is 0.412 e. The van der Waals surface area contributed by atoms with E-state index in [1.165, 1.54) is 4.90 Å². The third kappa shape index (κ3) is 1.77. The number of carbonyl (C=O) groups is 1. The van der Waals surface area contributed by atoms with Crippen molar-refractivity contribution in [2.24, 2.45) is 0 Å². The minimum absolute atomic E-state index is 0.210. The van der Waals surface area contributed by atoms with E-state index >= 15 is 0 Å². The summed E-state index contributed by atoms with van der Waals surface area (Å²) in [4.78, 5) is 13.1. The molecular formula is C12H18N2O3. The Morgan fingerprint density at radius 1 is 1.47 bits per heavy atom. The van der Waals surface area contributed by atoms with Crippen LogP contribution < -0.4 is 0 Å². The van der Waals surface area contributed by atoms with E-state index < -0.39 is 17.4 Å². The molecule has 2 rings (SSSR count). The lowest BCUT2D eigenvalue weighted by atomic mass is 9.77. The fourth-order valence-corrected chi connectivity index (χ4v) is 2.91. The molecule has 94 valence electrons. The van der Waals surface area contributed by atoms with Gasteiger partial charge in [-0.05, 0) is 32.6 Å². The Kier molecular flexibility index (Phi) is 3.00. The molecule has 5 nitrogen and oxygen atoms in total. The highest BCUT2D eigenvalue weighted by atomic mass is 16.6. The SMILES string of the molecule is C[C@]1(O)N(CCC#N)C(=O)OC12CCCCC2. The van der Waals surface area contributed by atoms with Gasteiger partial charge in [-0.15, -0.1) is 0 Å². The van der Waals surface area contributed by atoms with Crippen molar-refractivity contribution in [3.8, 4) is 6.07 Å². The number of hydrogen-bond donors (Lipinski definition) is 1. The zero-order chi connectivity index (χ0) is 12.5. The first-order chi connectivity index (χ1) is 8.03. The van der Waals surface area contributed by atoms with Crippen LogP contribution >= 0.6 is 0 Å². The predicted molar refractivity (Wildman–Crippen MR) is 59.9 cm³/mol. The van der Waals surface area contributed by atoms with Crippen LogP contribution in [-0.2, 0) is 4.74 Å². The highest BCUT2D eigenvalue weighted by molar-refractivity contribution is 5.72. The van der Waals surface area contributed by atoms with Gasteiger partial charge in [0.2, 0.25) is 0 Å². The summed E-state index contributed by atoms with van der Waals surface area (Å²) in [6.45, 7) is 1.85. The lowest BCUT2D eigenvalue weighted by Gasteiger charge is -2.41. The molecule has 0 aromatic heterocycles. The average molecular weight is 238 g/mol. The number of nitriles is 1. The smallest absolute Gasteiger partial charge is 0.412 e. The number of ether oxygens (including phenoxy) is 1. The lowest BCUT2D eigenvalue weighted by molar-refractivity contribution is -0.158. The van der Waals surface area contributed by atoms with Crippen LogP contribution in [0.5, 0.6) is 0 Å². The van der Waals surface area contributed by atoms with Gasteiger partial charge >= 0.3 is 6.09 Å². The maximum atomic E-state index is 11.8. The number of nitrogens with zero attached hydrogens (tertiary/aromatic N) is 2. The van der Waals surface area contributed by atoms with Crippen LogP contribution in [0.25, 0.3) is 0 Å². The Morgan fingerprint density at radius 2 is 2.12 bits per heavy atom. The summed E-state index contributed by atoms with van der Waals surface area (Å²) in [6, 6.07) is 1.98. The van der Waals surface area contributed by atoms with Gasteiger partial charge < -0.3 is 9.84 Å². The van der Waals surface area contributed by atoms with E-state index in [0.29, 0.717) is 12.8 Å². The Bertz CT molecular complexity index is 353. The van der Waals surface area contributed by atoms with Crippen molar-refractivity contribution in [1.82, 2.24) is 4.90 Å². The first kappa shape index (κ1) is 12.2. The van der Waals surface area contributed by atoms with E-state index in [9.17, 15) is 9.90 Å². The van der Waals surface area contributed by atoms with E-state index in [1.54, 1.807) is 6.92 Å². The molecular weight excluding hydrogens is 220 g/mol. The summed E-state index contributed by atoms with van der Waals surface area (Å²) in [5.41, 5.74) is -2.06. The van der Waals surface area contributed by atoms with Crippen LogP contribution in [0.2, 0.25) is 0 Å². The largest absolute Gasteiger partial charge is 0.438 e.